The summed E-state index contributed by atoms with van der Waals surface area (Å²) < 4.78 is 2.74. The monoisotopic (exact) mass is 449 g/mol. The molecule has 3 aromatic rings. The number of anilines is 4. The summed E-state index contributed by atoms with van der Waals surface area (Å²) in [6.07, 6.45) is 10.3. The number of nitrogens with zero attached hydrogens (tertiary/aromatic N) is 2. The van der Waals surface area contributed by atoms with E-state index >= 15 is 0 Å². The molecule has 1 saturated carbocycles. The van der Waals surface area contributed by atoms with Gasteiger partial charge in [0.05, 0.1) is 28.4 Å². The molecule has 4 heteroatoms. The molecule has 0 spiro atoms. The summed E-state index contributed by atoms with van der Waals surface area (Å²) in [5.41, 5.74) is 8.28. The summed E-state index contributed by atoms with van der Waals surface area (Å²) in [6.45, 7) is 7.66. The number of benzene rings is 2. The molecule has 3 aliphatic rings. The molecule has 6 rings (SSSR count). The topological polar surface area (TPSA) is 28.2 Å². The van der Waals surface area contributed by atoms with E-state index in [9.17, 15) is 0 Å². The average molecular weight is 450 g/mol. The number of hydrogen-bond acceptors (Lipinski definition) is 3. The van der Waals surface area contributed by atoms with Gasteiger partial charge in [-0.15, -0.1) is 0 Å². The zero-order valence-electron chi connectivity index (χ0n) is 19.6. The summed E-state index contributed by atoms with van der Waals surface area (Å²) in [7, 11) is -1.98. The lowest BCUT2D eigenvalue weighted by Gasteiger charge is -2.49. The van der Waals surface area contributed by atoms with Gasteiger partial charge in [-0.2, -0.15) is 0 Å². The Kier molecular flexibility index (Phi) is 4.80. The Bertz CT molecular complexity index is 1200. The first-order chi connectivity index (χ1) is 16.1. The highest BCUT2D eigenvalue weighted by atomic mass is 28.3. The van der Waals surface area contributed by atoms with Crippen molar-refractivity contribution in [2.45, 2.75) is 32.0 Å². The number of rotatable bonds is 3. The molecule has 0 radical (unpaired) electrons. The van der Waals surface area contributed by atoms with Crippen LogP contribution in [-0.2, 0) is 0 Å². The van der Waals surface area contributed by atoms with Gasteiger partial charge in [-0.05, 0) is 71.7 Å². The largest absolute Gasteiger partial charge is 0.366 e. The molecular formula is C29H31N3Si. The smallest absolute Gasteiger partial charge is 0.160 e. The third kappa shape index (κ3) is 3.19. The second-order valence-electron chi connectivity index (χ2n) is 10.3. The second-order valence-corrected chi connectivity index (χ2v) is 14.7. The maximum Gasteiger partial charge on any atom is 0.160 e. The van der Waals surface area contributed by atoms with Gasteiger partial charge in [0, 0.05) is 6.20 Å². The molecule has 2 aromatic carbocycles. The van der Waals surface area contributed by atoms with E-state index in [1.807, 2.05) is 12.3 Å². The quantitative estimate of drug-likeness (QED) is 0.414. The molecule has 0 bridgehead atoms. The molecule has 2 heterocycles. The Morgan fingerprint density at radius 1 is 0.909 bits per heavy atom. The number of allylic oxidation sites excluding steroid dienone is 4. The van der Waals surface area contributed by atoms with Gasteiger partial charge in [-0.25, -0.2) is 0 Å². The van der Waals surface area contributed by atoms with E-state index in [1.165, 1.54) is 34.7 Å². The SMILES string of the molecule is C[C@@H]1C[C@@H]2C(c3ccccn3)=CC=C[C@@H]2C1[Si](C)(C)N1c2ccccc2Nc2ccccc21. The van der Waals surface area contributed by atoms with Crippen LogP contribution in [0.25, 0.3) is 5.57 Å². The molecule has 166 valence electrons. The lowest BCUT2D eigenvalue weighted by molar-refractivity contribution is 0.549. The minimum absolute atomic E-state index is 0.546. The summed E-state index contributed by atoms with van der Waals surface area (Å²) in [6, 6.07) is 23.9. The van der Waals surface area contributed by atoms with Crippen molar-refractivity contribution in [2.24, 2.45) is 17.8 Å². The lowest BCUT2D eigenvalue weighted by Crippen LogP contribution is -2.53. The van der Waals surface area contributed by atoms with Crippen molar-refractivity contribution < 1.29 is 0 Å². The van der Waals surface area contributed by atoms with E-state index in [2.05, 4.69) is 109 Å². The number of aromatic nitrogens is 1. The van der Waals surface area contributed by atoms with Crippen LogP contribution >= 0.6 is 0 Å². The zero-order chi connectivity index (χ0) is 22.6. The van der Waals surface area contributed by atoms with Gasteiger partial charge in [-0.3, -0.25) is 4.98 Å². The van der Waals surface area contributed by atoms with Crippen molar-refractivity contribution in [3.63, 3.8) is 0 Å². The fourth-order valence-electron chi connectivity index (χ4n) is 6.90. The molecule has 0 amide bonds. The maximum absolute atomic E-state index is 4.71. The van der Waals surface area contributed by atoms with Crippen LogP contribution in [0.15, 0.2) is 91.2 Å². The van der Waals surface area contributed by atoms with Gasteiger partial charge >= 0.3 is 0 Å². The lowest BCUT2D eigenvalue weighted by atomic mass is 9.83. The maximum atomic E-state index is 4.71. The molecule has 1 aromatic heterocycles. The summed E-state index contributed by atoms with van der Waals surface area (Å²) in [4.78, 5) is 4.71. The molecule has 0 saturated heterocycles. The molecular weight excluding hydrogens is 418 g/mol. The molecule has 2 aliphatic carbocycles. The Morgan fingerprint density at radius 3 is 2.24 bits per heavy atom. The Labute approximate surface area is 198 Å². The average Bonchev–Trinajstić information content (AvgIpc) is 3.19. The summed E-state index contributed by atoms with van der Waals surface area (Å²) >= 11 is 0. The molecule has 1 fully saturated rings. The predicted octanol–water partition coefficient (Wildman–Crippen LogP) is 7.78. The van der Waals surface area contributed by atoms with Gasteiger partial charge in [0.1, 0.15) is 0 Å². The van der Waals surface area contributed by atoms with Crippen molar-refractivity contribution in [2.75, 3.05) is 9.88 Å². The Hall–Kier alpha value is -3.11. The molecule has 1 N–H and O–H groups in total. The third-order valence-electron chi connectivity index (χ3n) is 8.04. The molecule has 33 heavy (non-hydrogen) atoms. The van der Waals surface area contributed by atoms with Crippen LogP contribution in [-0.4, -0.2) is 13.2 Å². The number of pyridine rings is 1. The highest BCUT2D eigenvalue weighted by molar-refractivity contribution is 6.84. The highest BCUT2D eigenvalue weighted by Gasteiger charge is 2.53. The standard InChI is InChI=1S/C29H31N3Si/c1-20-19-23-21(24-13-8-9-18-30-24)11-10-12-22(23)29(20)33(2,3)32-27-16-6-4-14-25(27)31-26-15-5-7-17-28(26)32/h4-18,20,22-23,29,31H,19H2,1-3H3/t20-,22+,23-,29?/m1/s1. The van der Waals surface area contributed by atoms with Crippen LogP contribution < -0.4 is 9.88 Å². The summed E-state index contributed by atoms with van der Waals surface area (Å²) in [5.74, 6) is 1.76. The van der Waals surface area contributed by atoms with E-state index < -0.39 is 8.24 Å². The van der Waals surface area contributed by atoms with E-state index in [1.54, 1.807) is 0 Å². The van der Waals surface area contributed by atoms with Gasteiger partial charge in [0.25, 0.3) is 0 Å². The third-order valence-corrected chi connectivity index (χ3v) is 12.3. The molecule has 1 aliphatic heterocycles. The van der Waals surface area contributed by atoms with E-state index in [0.29, 0.717) is 23.3 Å². The van der Waals surface area contributed by atoms with Crippen LogP contribution in [0.5, 0.6) is 0 Å². The van der Waals surface area contributed by atoms with E-state index in [0.717, 1.165) is 5.69 Å². The highest BCUT2D eigenvalue weighted by Crippen LogP contribution is 2.59. The Balaban J connectivity index is 1.43. The van der Waals surface area contributed by atoms with Crippen LogP contribution in [0.3, 0.4) is 0 Å². The number of hydrogen-bond donors (Lipinski definition) is 1. The number of nitrogens with one attached hydrogen (secondary N) is 1. The molecule has 3 nitrogen and oxygen atoms in total. The van der Waals surface area contributed by atoms with Crippen molar-refractivity contribution in [3.05, 3.63) is 96.8 Å². The first-order valence-corrected chi connectivity index (χ1v) is 15.1. The Morgan fingerprint density at radius 2 is 1.58 bits per heavy atom. The first-order valence-electron chi connectivity index (χ1n) is 12.1. The van der Waals surface area contributed by atoms with E-state index in [-0.39, 0.29) is 0 Å². The zero-order valence-corrected chi connectivity index (χ0v) is 20.6. The van der Waals surface area contributed by atoms with Gasteiger partial charge in [0.15, 0.2) is 8.24 Å². The van der Waals surface area contributed by atoms with Gasteiger partial charge < -0.3 is 9.88 Å². The minimum atomic E-state index is -1.98. The van der Waals surface area contributed by atoms with Crippen LogP contribution in [0.2, 0.25) is 18.6 Å². The van der Waals surface area contributed by atoms with Crippen LogP contribution in [0.1, 0.15) is 19.0 Å². The van der Waals surface area contributed by atoms with Gasteiger partial charge in [-0.1, -0.05) is 68.6 Å². The van der Waals surface area contributed by atoms with Gasteiger partial charge in [0.2, 0.25) is 0 Å². The van der Waals surface area contributed by atoms with Crippen LogP contribution in [0, 0.1) is 17.8 Å². The van der Waals surface area contributed by atoms with Crippen molar-refractivity contribution in [3.8, 4) is 0 Å². The normalized spacial score (nSPS) is 25.5. The summed E-state index contributed by atoms with van der Waals surface area (Å²) in [5, 5.41) is 3.68. The van der Waals surface area contributed by atoms with Crippen molar-refractivity contribution >= 4 is 36.6 Å². The minimum Gasteiger partial charge on any atom is -0.366 e. The number of fused-ring (bicyclic) bond motifs is 3. The van der Waals surface area contributed by atoms with Crippen LogP contribution in [0.4, 0.5) is 22.7 Å². The van der Waals surface area contributed by atoms with Crippen molar-refractivity contribution in [1.82, 2.24) is 4.98 Å². The van der Waals surface area contributed by atoms with E-state index in [4.69, 9.17) is 4.98 Å². The molecule has 4 atom stereocenters. The second kappa shape index (κ2) is 7.74. The predicted molar refractivity (Wildman–Crippen MR) is 142 cm³/mol. The fraction of sp³-hybridized carbons (Fsp3) is 0.276. The first kappa shape index (κ1) is 20.5. The molecule has 1 unspecified atom stereocenters. The van der Waals surface area contributed by atoms with Crippen molar-refractivity contribution in [1.29, 1.82) is 0 Å². The fourth-order valence-corrected chi connectivity index (χ4v) is 11.6. The number of para-hydroxylation sites is 4.